The van der Waals surface area contributed by atoms with Gasteiger partial charge in [0, 0.05) is 24.4 Å². The van der Waals surface area contributed by atoms with Crippen LogP contribution in [0.2, 0.25) is 0 Å². The Labute approximate surface area is 187 Å². The first-order valence-corrected chi connectivity index (χ1v) is 10.6. The van der Waals surface area contributed by atoms with Crippen LogP contribution >= 0.6 is 0 Å². The molecule has 1 heterocycles. The molecule has 32 heavy (non-hydrogen) atoms. The number of benzene rings is 2. The fraction of sp³-hybridized carbons (Fsp3) is 0.375. The zero-order valence-electron chi connectivity index (χ0n) is 19.2. The Morgan fingerprint density at radius 3 is 2.47 bits per heavy atom. The summed E-state index contributed by atoms with van der Waals surface area (Å²) in [7, 11) is 1.56. The lowest BCUT2D eigenvalue weighted by Gasteiger charge is -2.19. The molecule has 0 fully saturated rings. The van der Waals surface area contributed by atoms with Crippen molar-refractivity contribution in [1.82, 2.24) is 14.9 Å². The summed E-state index contributed by atoms with van der Waals surface area (Å²) in [5.41, 5.74) is 2.70. The van der Waals surface area contributed by atoms with Gasteiger partial charge in [0.2, 0.25) is 0 Å². The largest absolute Gasteiger partial charge is 0.493 e. The molecule has 1 amide bonds. The van der Waals surface area contributed by atoms with Crippen molar-refractivity contribution in [3.8, 4) is 11.5 Å². The fourth-order valence-corrected chi connectivity index (χ4v) is 3.36. The standard InChI is InChI=1S/C24H29FN4O3/c1-6-29(7-2)10-11-32-22-14-18(8-9-21(22)31-5)28-24(30)19-12-17(25)13-20-23(19)27-16(4)15(3)26-20/h8-9,12-14H,6-7,10-11H2,1-5H3,(H,28,30). The predicted molar refractivity (Wildman–Crippen MR) is 123 cm³/mol. The molecule has 0 bridgehead atoms. The predicted octanol–water partition coefficient (Wildman–Crippen LogP) is 4.37. The number of carbonyl (C=O) groups is 1. The maximum atomic E-state index is 14.2. The van der Waals surface area contributed by atoms with Crippen molar-refractivity contribution < 1.29 is 18.7 Å². The summed E-state index contributed by atoms with van der Waals surface area (Å²) < 4.78 is 25.5. The lowest BCUT2D eigenvalue weighted by Crippen LogP contribution is -2.28. The molecule has 8 heteroatoms. The van der Waals surface area contributed by atoms with Crippen LogP contribution in [0.1, 0.15) is 35.6 Å². The minimum Gasteiger partial charge on any atom is -0.493 e. The molecule has 1 N–H and O–H groups in total. The molecule has 0 unspecified atom stereocenters. The van der Waals surface area contributed by atoms with Gasteiger partial charge in [0.15, 0.2) is 11.5 Å². The highest BCUT2D eigenvalue weighted by Gasteiger charge is 2.17. The third-order valence-corrected chi connectivity index (χ3v) is 5.37. The first-order chi connectivity index (χ1) is 15.4. The van der Waals surface area contributed by atoms with Crippen LogP contribution in [0.15, 0.2) is 30.3 Å². The molecule has 2 aromatic carbocycles. The molecule has 0 aliphatic rings. The highest BCUT2D eigenvalue weighted by Crippen LogP contribution is 2.31. The topological polar surface area (TPSA) is 76.6 Å². The van der Waals surface area contributed by atoms with E-state index in [9.17, 15) is 9.18 Å². The normalized spacial score (nSPS) is 11.1. The quantitative estimate of drug-likeness (QED) is 0.533. The summed E-state index contributed by atoms with van der Waals surface area (Å²) in [6.45, 7) is 10.9. The van der Waals surface area contributed by atoms with Crippen molar-refractivity contribution >= 4 is 22.6 Å². The monoisotopic (exact) mass is 440 g/mol. The van der Waals surface area contributed by atoms with Gasteiger partial charge in [0.25, 0.3) is 5.91 Å². The zero-order chi connectivity index (χ0) is 23.3. The van der Waals surface area contributed by atoms with Gasteiger partial charge in [0.1, 0.15) is 17.9 Å². The Morgan fingerprint density at radius 2 is 1.78 bits per heavy atom. The van der Waals surface area contributed by atoms with Crippen molar-refractivity contribution in [1.29, 1.82) is 0 Å². The van der Waals surface area contributed by atoms with E-state index in [1.807, 2.05) is 0 Å². The summed E-state index contributed by atoms with van der Waals surface area (Å²) in [5.74, 6) is 0.0604. The number of aryl methyl sites for hydroxylation is 2. The van der Waals surface area contributed by atoms with E-state index in [4.69, 9.17) is 9.47 Å². The number of ether oxygens (including phenoxy) is 2. The van der Waals surface area contributed by atoms with Crippen LogP contribution in [0, 0.1) is 19.7 Å². The van der Waals surface area contributed by atoms with Gasteiger partial charge < -0.3 is 19.7 Å². The number of aromatic nitrogens is 2. The Bertz CT molecular complexity index is 1120. The molecular formula is C24H29FN4O3. The second kappa shape index (κ2) is 10.4. The van der Waals surface area contributed by atoms with Gasteiger partial charge in [-0.25, -0.2) is 14.4 Å². The van der Waals surface area contributed by atoms with Gasteiger partial charge in [-0.1, -0.05) is 13.8 Å². The highest BCUT2D eigenvalue weighted by molar-refractivity contribution is 6.11. The molecule has 3 rings (SSSR count). The van der Waals surface area contributed by atoms with Crippen molar-refractivity contribution in [2.45, 2.75) is 27.7 Å². The minimum absolute atomic E-state index is 0.121. The molecule has 0 atom stereocenters. The number of hydrogen-bond donors (Lipinski definition) is 1. The van der Waals surface area contributed by atoms with Crippen molar-refractivity contribution in [3.05, 3.63) is 53.1 Å². The van der Waals surface area contributed by atoms with E-state index in [1.54, 1.807) is 39.2 Å². The Morgan fingerprint density at radius 1 is 1.06 bits per heavy atom. The van der Waals surface area contributed by atoms with Crippen LogP contribution in [-0.4, -0.2) is 54.1 Å². The van der Waals surface area contributed by atoms with Crippen LogP contribution in [0.5, 0.6) is 11.5 Å². The van der Waals surface area contributed by atoms with Crippen LogP contribution in [0.3, 0.4) is 0 Å². The number of likely N-dealkylation sites (N-methyl/N-ethyl adjacent to an activating group) is 1. The van der Waals surface area contributed by atoms with Crippen molar-refractivity contribution in [2.24, 2.45) is 0 Å². The Balaban J connectivity index is 1.84. The molecule has 0 aliphatic carbocycles. The summed E-state index contributed by atoms with van der Waals surface area (Å²) in [6, 6.07) is 7.57. The Hall–Kier alpha value is -3.26. The van der Waals surface area contributed by atoms with Gasteiger partial charge in [-0.15, -0.1) is 0 Å². The van der Waals surface area contributed by atoms with Crippen LogP contribution in [-0.2, 0) is 0 Å². The molecule has 7 nitrogen and oxygen atoms in total. The smallest absolute Gasteiger partial charge is 0.258 e. The molecular weight excluding hydrogens is 411 g/mol. The van der Waals surface area contributed by atoms with Crippen LogP contribution in [0.25, 0.3) is 11.0 Å². The third kappa shape index (κ3) is 5.31. The first-order valence-electron chi connectivity index (χ1n) is 10.6. The second-order valence-corrected chi connectivity index (χ2v) is 7.41. The van der Waals surface area contributed by atoms with E-state index in [-0.39, 0.29) is 5.56 Å². The second-order valence-electron chi connectivity index (χ2n) is 7.41. The highest BCUT2D eigenvalue weighted by atomic mass is 19.1. The molecule has 0 aliphatic heterocycles. The van der Waals surface area contributed by atoms with E-state index in [1.165, 1.54) is 12.1 Å². The van der Waals surface area contributed by atoms with Gasteiger partial charge >= 0.3 is 0 Å². The maximum absolute atomic E-state index is 14.2. The number of nitrogens with one attached hydrogen (secondary N) is 1. The Kier molecular flexibility index (Phi) is 7.58. The molecule has 3 aromatic rings. The van der Waals surface area contributed by atoms with E-state index in [2.05, 4.69) is 34.0 Å². The van der Waals surface area contributed by atoms with Gasteiger partial charge in [0.05, 0.1) is 29.6 Å². The average molecular weight is 441 g/mol. The SMILES string of the molecule is CCN(CC)CCOc1cc(NC(=O)c2cc(F)cc3nc(C)c(C)nc23)ccc1OC. The van der Waals surface area contributed by atoms with Crippen LogP contribution in [0.4, 0.5) is 10.1 Å². The van der Waals surface area contributed by atoms with Gasteiger partial charge in [-0.3, -0.25) is 4.79 Å². The molecule has 0 saturated heterocycles. The number of methoxy groups -OCH3 is 1. The summed E-state index contributed by atoms with van der Waals surface area (Å²) in [5, 5.41) is 2.81. The maximum Gasteiger partial charge on any atom is 0.258 e. The molecule has 1 aromatic heterocycles. The average Bonchev–Trinajstić information content (AvgIpc) is 2.77. The van der Waals surface area contributed by atoms with E-state index < -0.39 is 11.7 Å². The van der Waals surface area contributed by atoms with Crippen molar-refractivity contribution in [2.75, 3.05) is 38.7 Å². The number of fused-ring (bicyclic) bond motifs is 1. The number of hydrogen-bond acceptors (Lipinski definition) is 6. The fourth-order valence-electron chi connectivity index (χ4n) is 3.36. The number of halogens is 1. The summed E-state index contributed by atoms with van der Waals surface area (Å²) in [6.07, 6.45) is 0. The number of amides is 1. The van der Waals surface area contributed by atoms with Crippen molar-refractivity contribution in [3.63, 3.8) is 0 Å². The van der Waals surface area contributed by atoms with Gasteiger partial charge in [-0.05, 0) is 45.1 Å². The zero-order valence-corrected chi connectivity index (χ0v) is 19.2. The van der Waals surface area contributed by atoms with E-state index in [0.29, 0.717) is 46.2 Å². The molecule has 0 radical (unpaired) electrons. The minimum atomic E-state index is -0.546. The van der Waals surface area contributed by atoms with E-state index >= 15 is 0 Å². The molecule has 170 valence electrons. The number of rotatable bonds is 9. The first kappa shape index (κ1) is 23.4. The van der Waals surface area contributed by atoms with E-state index in [0.717, 1.165) is 19.6 Å². The third-order valence-electron chi connectivity index (χ3n) is 5.37. The summed E-state index contributed by atoms with van der Waals surface area (Å²) in [4.78, 5) is 24.1. The van der Waals surface area contributed by atoms with Crippen LogP contribution < -0.4 is 14.8 Å². The molecule has 0 spiro atoms. The number of anilines is 1. The number of carbonyl (C=O) groups excluding carboxylic acids is 1. The van der Waals surface area contributed by atoms with Gasteiger partial charge in [-0.2, -0.15) is 0 Å². The summed E-state index contributed by atoms with van der Waals surface area (Å²) >= 11 is 0. The lowest BCUT2D eigenvalue weighted by atomic mass is 10.1. The number of nitrogens with zero attached hydrogens (tertiary/aromatic N) is 3. The lowest BCUT2D eigenvalue weighted by molar-refractivity contribution is 0.102. The molecule has 0 saturated carbocycles.